The Hall–Kier alpha value is -3.10. The van der Waals surface area contributed by atoms with Crippen molar-refractivity contribution in [2.24, 2.45) is 10.9 Å². The number of aromatic nitrogens is 1. The molecule has 0 amide bonds. The van der Waals surface area contributed by atoms with Gasteiger partial charge in [-0.25, -0.2) is 4.98 Å². The smallest absolute Gasteiger partial charge is 0.189 e. The van der Waals surface area contributed by atoms with Gasteiger partial charge in [0.15, 0.2) is 12.6 Å². The van der Waals surface area contributed by atoms with Crippen LogP contribution in [0.25, 0.3) is 11.3 Å². The van der Waals surface area contributed by atoms with Crippen molar-refractivity contribution in [3.8, 4) is 22.8 Å². The summed E-state index contributed by atoms with van der Waals surface area (Å²) in [5.41, 5.74) is 8.39. The van der Waals surface area contributed by atoms with Gasteiger partial charge in [0.25, 0.3) is 0 Å². The second kappa shape index (κ2) is 13.0. The first-order chi connectivity index (χ1) is 16.5. The number of rotatable bonds is 13. The molecule has 7 nitrogen and oxygen atoms in total. The van der Waals surface area contributed by atoms with E-state index in [1.165, 1.54) is 4.88 Å². The summed E-state index contributed by atoms with van der Waals surface area (Å²) >= 11 is 1.77. The summed E-state index contributed by atoms with van der Waals surface area (Å²) in [6.45, 7) is 7.96. The van der Waals surface area contributed by atoms with Crippen LogP contribution < -0.4 is 15.2 Å². The Kier molecular flexibility index (Phi) is 9.73. The molecule has 1 aromatic heterocycles. The topological polar surface area (TPSA) is 99.2 Å². The van der Waals surface area contributed by atoms with Crippen LogP contribution in [0, 0.1) is 6.92 Å². The molecule has 0 radical (unpaired) electrons. The van der Waals surface area contributed by atoms with E-state index in [0.717, 1.165) is 41.3 Å². The lowest BCUT2D eigenvalue weighted by atomic mass is 10.1. The van der Waals surface area contributed by atoms with E-state index in [1.807, 2.05) is 12.1 Å². The van der Waals surface area contributed by atoms with Crippen LogP contribution in [-0.2, 0) is 4.74 Å². The summed E-state index contributed by atoms with van der Waals surface area (Å²) < 4.78 is 16.9. The molecule has 0 aliphatic heterocycles. The zero-order chi connectivity index (χ0) is 24.3. The second-order valence-electron chi connectivity index (χ2n) is 8.21. The van der Waals surface area contributed by atoms with Crippen LogP contribution in [0.3, 0.4) is 0 Å². The maximum atomic E-state index is 8.67. The molecule has 0 atom stereocenters. The number of nitrogens with two attached hydrogens (primary N) is 1. The summed E-state index contributed by atoms with van der Waals surface area (Å²) in [6.07, 6.45) is 2.92. The van der Waals surface area contributed by atoms with Crippen LogP contribution >= 0.6 is 11.3 Å². The maximum absolute atomic E-state index is 8.67. The zero-order valence-corrected chi connectivity index (χ0v) is 20.8. The molecule has 0 saturated carbocycles. The lowest BCUT2D eigenvalue weighted by Gasteiger charge is -2.09. The summed E-state index contributed by atoms with van der Waals surface area (Å²) in [7, 11) is 0. The SMILES string of the molecule is Cc1nc(-c2ccc(OCCCCCOCOc3ccc(/C(N)=N/O)cc3)cc2)c(C(C)C)s1. The second-order valence-corrected chi connectivity index (χ2v) is 9.45. The molecule has 3 aromatic rings. The van der Waals surface area contributed by atoms with Crippen molar-refractivity contribution < 1.29 is 19.4 Å². The van der Waals surface area contributed by atoms with Crippen LogP contribution in [0.2, 0.25) is 0 Å². The average Bonchev–Trinajstić information content (AvgIpc) is 3.25. The van der Waals surface area contributed by atoms with Crippen molar-refractivity contribution in [3.63, 3.8) is 0 Å². The molecule has 8 heteroatoms. The molecule has 3 N–H and O–H groups in total. The number of unbranched alkanes of at least 4 members (excludes halogenated alkanes) is 2. The highest BCUT2D eigenvalue weighted by Gasteiger charge is 2.14. The van der Waals surface area contributed by atoms with E-state index in [0.29, 0.717) is 30.4 Å². The van der Waals surface area contributed by atoms with Crippen molar-refractivity contribution in [3.05, 3.63) is 64.0 Å². The molecule has 1 heterocycles. The summed E-state index contributed by atoms with van der Waals surface area (Å²) in [4.78, 5) is 6.05. The molecule has 0 bridgehead atoms. The molecule has 0 aliphatic carbocycles. The third kappa shape index (κ3) is 7.46. The van der Waals surface area contributed by atoms with E-state index in [9.17, 15) is 0 Å². The van der Waals surface area contributed by atoms with Gasteiger partial charge in [0.05, 0.1) is 23.9 Å². The number of hydrogen-bond acceptors (Lipinski definition) is 7. The van der Waals surface area contributed by atoms with Crippen molar-refractivity contribution in [1.29, 1.82) is 0 Å². The van der Waals surface area contributed by atoms with E-state index in [-0.39, 0.29) is 12.6 Å². The van der Waals surface area contributed by atoms with Gasteiger partial charge in [-0.2, -0.15) is 0 Å². The third-order valence-corrected chi connectivity index (χ3v) is 6.45. The number of nitrogens with zero attached hydrogens (tertiary/aromatic N) is 2. The fourth-order valence-corrected chi connectivity index (χ4v) is 4.32. The molecule has 182 valence electrons. The largest absolute Gasteiger partial charge is 0.494 e. The van der Waals surface area contributed by atoms with Gasteiger partial charge in [-0.3, -0.25) is 0 Å². The minimum absolute atomic E-state index is 0.0646. The molecule has 34 heavy (non-hydrogen) atoms. The Morgan fingerprint density at radius 1 is 0.971 bits per heavy atom. The highest BCUT2D eigenvalue weighted by molar-refractivity contribution is 7.12. The van der Waals surface area contributed by atoms with E-state index >= 15 is 0 Å². The van der Waals surface area contributed by atoms with Crippen LogP contribution in [0.4, 0.5) is 0 Å². The lowest BCUT2D eigenvalue weighted by molar-refractivity contribution is 0.0133. The van der Waals surface area contributed by atoms with Crippen LogP contribution in [0.1, 0.15) is 54.5 Å². The minimum Gasteiger partial charge on any atom is -0.494 e. The Morgan fingerprint density at radius 2 is 1.62 bits per heavy atom. The van der Waals surface area contributed by atoms with Crippen LogP contribution in [0.15, 0.2) is 53.7 Å². The third-order valence-electron chi connectivity index (χ3n) is 5.18. The molecule has 3 rings (SSSR count). The monoisotopic (exact) mass is 483 g/mol. The normalized spacial score (nSPS) is 11.7. The van der Waals surface area contributed by atoms with Gasteiger partial charge in [0.2, 0.25) is 0 Å². The Labute approximate surface area is 205 Å². The van der Waals surface area contributed by atoms with Gasteiger partial charge in [0.1, 0.15) is 11.5 Å². The lowest BCUT2D eigenvalue weighted by Crippen LogP contribution is -2.12. The fraction of sp³-hybridized carbons (Fsp3) is 0.385. The predicted octanol–water partition coefficient (Wildman–Crippen LogP) is 5.94. The van der Waals surface area contributed by atoms with Gasteiger partial charge in [-0.1, -0.05) is 19.0 Å². The Bertz CT molecular complexity index is 1050. The molecule has 0 saturated heterocycles. The summed E-state index contributed by atoms with van der Waals surface area (Å²) in [5, 5.41) is 12.7. The Morgan fingerprint density at radius 3 is 2.29 bits per heavy atom. The first kappa shape index (κ1) is 25.5. The van der Waals surface area contributed by atoms with E-state index < -0.39 is 0 Å². The molecule has 0 fully saturated rings. The standard InChI is InChI=1S/C26H33N3O4S/c1-18(2)25-24(28-19(3)34-25)20-7-11-22(12-8-20)32-16-6-4-5-15-31-17-33-23-13-9-21(10-14-23)26(27)29-30/h7-14,18,30H,4-6,15-17H2,1-3H3,(H2,27,29). The van der Waals surface area contributed by atoms with Crippen molar-refractivity contribution in [2.45, 2.75) is 46.0 Å². The summed E-state index contributed by atoms with van der Waals surface area (Å²) in [5.74, 6) is 2.07. The summed E-state index contributed by atoms with van der Waals surface area (Å²) in [6, 6.07) is 15.2. The number of amidine groups is 1. The number of thiazole rings is 1. The molecule has 0 aliphatic rings. The highest BCUT2D eigenvalue weighted by Crippen LogP contribution is 2.34. The minimum atomic E-state index is 0.0646. The number of oxime groups is 1. The van der Waals surface area contributed by atoms with Gasteiger partial charge >= 0.3 is 0 Å². The molecule has 0 spiro atoms. The van der Waals surface area contributed by atoms with Gasteiger partial charge in [-0.05, 0) is 80.6 Å². The van der Waals surface area contributed by atoms with Gasteiger partial charge in [-0.15, -0.1) is 11.3 Å². The van der Waals surface area contributed by atoms with Crippen molar-refractivity contribution >= 4 is 17.2 Å². The molecule has 2 aromatic carbocycles. The van der Waals surface area contributed by atoms with E-state index in [2.05, 4.69) is 38.1 Å². The predicted molar refractivity (Wildman–Crippen MR) is 136 cm³/mol. The van der Waals surface area contributed by atoms with Crippen molar-refractivity contribution in [1.82, 2.24) is 4.98 Å². The molecular weight excluding hydrogens is 450 g/mol. The fourth-order valence-electron chi connectivity index (χ4n) is 3.37. The highest BCUT2D eigenvalue weighted by atomic mass is 32.1. The van der Waals surface area contributed by atoms with Gasteiger partial charge in [0, 0.05) is 16.0 Å². The zero-order valence-electron chi connectivity index (χ0n) is 20.0. The Balaban J connectivity index is 1.28. The van der Waals surface area contributed by atoms with Crippen molar-refractivity contribution in [2.75, 3.05) is 20.0 Å². The maximum Gasteiger partial charge on any atom is 0.189 e. The molecular formula is C26H33N3O4S. The van der Waals surface area contributed by atoms with Crippen LogP contribution in [0.5, 0.6) is 11.5 Å². The number of benzene rings is 2. The first-order valence-corrected chi connectivity index (χ1v) is 12.3. The van der Waals surface area contributed by atoms with E-state index in [4.69, 9.17) is 30.1 Å². The molecule has 0 unspecified atom stereocenters. The number of hydrogen-bond donors (Lipinski definition) is 2. The first-order valence-electron chi connectivity index (χ1n) is 11.5. The number of aryl methyl sites for hydroxylation is 1. The van der Waals surface area contributed by atoms with Crippen LogP contribution in [-0.4, -0.2) is 36.0 Å². The average molecular weight is 484 g/mol. The number of ether oxygens (including phenoxy) is 3. The quantitative estimate of drug-likeness (QED) is 0.0780. The van der Waals surface area contributed by atoms with E-state index in [1.54, 1.807) is 35.6 Å². The van der Waals surface area contributed by atoms with Gasteiger partial charge < -0.3 is 25.2 Å².